The van der Waals surface area contributed by atoms with Gasteiger partial charge in [0.25, 0.3) is 0 Å². The molecule has 0 radical (unpaired) electrons. The summed E-state index contributed by atoms with van der Waals surface area (Å²) in [5, 5.41) is 1.93. The highest BCUT2D eigenvalue weighted by molar-refractivity contribution is 8.02. The molecule has 0 amide bonds. The number of hydrogen-bond acceptors (Lipinski definition) is 4. The first-order valence-electron chi connectivity index (χ1n) is 8.42. The number of nitrogens with zero attached hydrogens (tertiary/aromatic N) is 2. The number of halogens is 3. The average molecular weight is 389 g/mol. The first kappa shape index (κ1) is 16.6. The number of nitrogens with one attached hydrogen (secondary N) is 1. The molecular weight excluding hydrogens is 375 g/mol. The van der Waals surface area contributed by atoms with Crippen LogP contribution in [0.25, 0.3) is 11.0 Å². The van der Waals surface area contributed by atoms with Crippen molar-refractivity contribution in [2.75, 3.05) is 11.5 Å². The first-order chi connectivity index (χ1) is 13.0. The van der Waals surface area contributed by atoms with Crippen LogP contribution in [-0.4, -0.2) is 16.6 Å². The topological polar surface area (TPSA) is 41.2 Å². The van der Waals surface area contributed by atoms with Crippen LogP contribution in [0.2, 0.25) is 0 Å². The van der Waals surface area contributed by atoms with Crippen molar-refractivity contribution in [3.8, 4) is 5.75 Å². The van der Waals surface area contributed by atoms with Crippen molar-refractivity contribution >= 4 is 28.7 Å². The normalized spacial score (nSPS) is 18.9. The van der Waals surface area contributed by atoms with E-state index in [2.05, 4.69) is 16.0 Å². The van der Waals surface area contributed by atoms with E-state index < -0.39 is 11.7 Å². The highest BCUT2D eigenvalue weighted by atomic mass is 32.2. The quantitative estimate of drug-likeness (QED) is 0.651. The van der Waals surface area contributed by atoms with Gasteiger partial charge >= 0.3 is 6.18 Å². The molecule has 138 valence electrons. The molecule has 2 aliphatic rings. The van der Waals surface area contributed by atoms with E-state index in [1.165, 1.54) is 11.6 Å². The van der Waals surface area contributed by atoms with E-state index in [-0.39, 0.29) is 5.37 Å². The van der Waals surface area contributed by atoms with Crippen molar-refractivity contribution in [3.63, 3.8) is 0 Å². The Labute approximate surface area is 157 Å². The Bertz CT molecular complexity index is 1060. The predicted octanol–water partition coefficient (Wildman–Crippen LogP) is 5.24. The van der Waals surface area contributed by atoms with E-state index in [0.29, 0.717) is 23.6 Å². The second-order valence-electron chi connectivity index (χ2n) is 6.44. The van der Waals surface area contributed by atoms with E-state index in [1.807, 2.05) is 28.6 Å². The average Bonchev–Trinajstić information content (AvgIpc) is 3.36. The molecule has 4 nitrogen and oxygen atoms in total. The van der Waals surface area contributed by atoms with Gasteiger partial charge in [-0.15, -0.1) is 11.8 Å². The Kier molecular flexibility index (Phi) is 3.65. The summed E-state index contributed by atoms with van der Waals surface area (Å²) in [4.78, 5) is 9.45. The van der Waals surface area contributed by atoms with Gasteiger partial charge in [0, 0.05) is 12.6 Å². The third kappa shape index (κ3) is 2.84. The van der Waals surface area contributed by atoms with Crippen molar-refractivity contribution in [3.05, 3.63) is 64.7 Å². The van der Waals surface area contributed by atoms with Gasteiger partial charge in [0.05, 0.1) is 23.2 Å². The van der Waals surface area contributed by atoms with E-state index in [0.717, 1.165) is 29.9 Å². The zero-order valence-corrected chi connectivity index (χ0v) is 14.8. The Morgan fingerprint density at radius 2 is 2.07 bits per heavy atom. The van der Waals surface area contributed by atoms with Gasteiger partial charge in [-0.05, 0) is 46.9 Å². The number of ether oxygens (including phenoxy) is 1. The number of rotatable bonds is 2. The molecule has 8 heteroatoms. The molecule has 0 bridgehead atoms. The van der Waals surface area contributed by atoms with Gasteiger partial charge in [-0.1, -0.05) is 6.07 Å². The molecule has 27 heavy (non-hydrogen) atoms. The van der Waals surface area contributed by atoms with Crippen LogP contribution in [0.15, 0.2) is 48.0 Å². The molecule has 0 saturated heterocycles. The van der Waals surface area contributed by atoms with Crippen molar-refractivity contribution in [1.82, 2.24) is 9.97 Å². The molecule has 1 aromatic heterocycles. The van der Waals surface area contributed by atoms with Crippen LogP contribution < -0.4 is 9.64 Å². The highest BCUT2D eigenvalue weighted by Gasteiger charge is 2.31. The van der Waals surface area contributed by atoms with Gasteiger partial charge in [-0.2, -0.15) is 13.2 Å². The second kappa shape index (κ2) is 5.95. The Hall–Kier alpha value is -2.61. The van der Waals surface area contributed by atoms with Crippen LogP contribution in [0.3, 0.4) is 0 Å². The zero-order valence-electron chi connectivity index (χ0n) is 14.0. The standard InChI is InChI=1S/C19H14F3N3OS/c20-19(21,22)13-2-3-14-15(10-13)24-18(23-14)25-6-8-27-17(25)12-1-4-16-11(9-12)5-7-26-16/h1-4,6,8-10,17H,5,7H2,(H,23,24). The maximum absolute atomic E-state index is 12.9. The molecule has 0 spiro atoms. The van der Waals surface area contributed by atoms with Gasteiger partial charge in [0.15, 0.2) is 0 Å². The minimum Gasteiger partial charge on any atom is -0.493 e. The number of alkyl halides is 3. The lowest BCUT2D eigenvalue weighted by Gasteiger charge is -2.23. The minimum atomic E-state index is -4.38. The molecule has 1 N–H and O–H groups in total. The number of thioether (sulfide) groups is 1. The minimum absolute atomic E-state index is 0.0291. The molecule has 2 aliphatic heterocycles. The van der Waals surface area contributed by atoms with Gasteiger partial charge in [-0.25, -0.2) is 4.98 Å². The maximum Gasteiger partial charge on any atom is 0.416 e. The smallest absolute Gasteiger partial charge is 0.416 e. The SMILES string of the molecule is FC(F)(F)c1ccc2nc(N3C=CSC3c3ccc4c(c3)CCO4)[nH]c2c1. The fraction of sp³-hybridized carbons (Fsp3) is 0.211. The zero-order chi connectivity index (χ0) is 18.6. The summed E-state index contributed by atoms with van der Waals surface area (Å²) in [5.74, 6) is 1.44. The molecule has 0 aliphatic carbocycles. The molecule has 2 aromatic carbocycles. The van der Waals surface area contributed by atoms with Crippen LogP contribution in [0.1, 0.15) is 22.1 Å². The number of fused-ring (bicyclic) bond motifs is 2. The molecule has 3 heterocycles. The summed E-state index contributed by atoms with van der Waals surface area (Å²) in [6.45, 7) is 0.698. The van der Waals surface area contributed by atoms with Crippen LogP contribution in [-0.2, 0) is 12.6 Å². The van der Waals surface area contributed by atoms with Crippen molar-refractivity contribution in [2.45, 2.75) is 18.0 Å². The van der Waals surface area contributed by atoms with Gasteiger partial charge in [0.1, 0.15) is 11.1 Å². The fourth-order valence-corrected chi connectivity index (χ4v) is 4.35. The lowest BCUT2D eigenvalue weighted by atomic mass is 10.1. The van der Waals surface area contributed by atoms with Crippen molar-refractivity contribution in [2.24, 2.45) is 0 Å². The number of aromatic amines is 1. The number of H-pyrrole nitrogens is 1. The molecule has 3 aromatic rings. The third-order valence-electron chi connectivity index (χ3n) is 4.72. The number of hydrogen-bond donors (Lipinski definition) is 1. The molecule has 0 saturated carbocycles. The number of aromatic nitrogens is 2. The van der Waals surface area contributed by atoms with E-state index in [1.54, 1.807) is 11.8 Å². The van der Waals surface area contributed by atoms with E-state index in [4.69, 9.17) is 4.74 Å². The van der Waals surface area contributed by atoms with E-state index in [9.17, 15) is 13.2 Å². The maximum atomic E-state index is 12.9. The lowest BCUT2D eigenvalue weighted by Crippen LogP contribution is -2.18. The van der Waals surface area contributed by atoms with Crippen molar-refractivity contribution < 1.29 is 17.9 Å². The fourth-order valence-electron chi connectivity index (χ4n) is 3.39. The van der Waals surface area contributed by atoms with Crippen molar-refractivity contribution in [1.29, 1.82) is 0 Å². The molecule has 1 unspecified atom stereocenters. The van der Waals surface area contributed by atoms with Crippen LogP contribution >= 0.6 is 11.8 Å². The number of anilines is 1. The Balaban J connectivity index is 1.50. The lowest BCUT2D eigenvalue weighted by molar-refractivity contribution is -0.137. The van der Waals surface area contributed by atoms with Crippen LogP contribution in [0, 0.1) is 0 Å². The van der Waals surface area contributed by atoms with E-state index >= 15 is 0 Å². The van der Waals surface area contributed by atoms with Crippen LogP contribution in [0.5, 0.6) is 5.75 Å². The first-order valence-corrected chi connectivity index (χ1v) is 9.36. The number of imidazole rings is 1. The third-order valence-corrected chi connectivity index (χ3v) is 5.76. The largest absolute Gasteiger partial charge is 0.493 e. The second-order valence-corrected chi connectivity index (χ2v) is 7.43. The van der Waals surface area contributed by atoms with Gasteiger partial charge < -0.3 is 14.6 Å². The summed E-state index contributed by atoms with van der Waals surface area (Å²) in [5.41, 5.74) is 2.47. The van der Waals surface area contributed by atoms with Gasteiger partial charge in [0.2, 0.25) is 5.95 Å². The summed E-state index contributed by atoms with van der Waals surface area (Å²) in [7, 11) is 0. The van der Waals surface area contributed by atoms with Crippen LogP contribution in [0.4, 0.5) is 19.1 Å². The molecule has 1 atom stereocenters. The monoisotopic (exact) mass is 389 g/mol. The highest BCUT2D eigenvalue weighted by Crippen LogP contribution is 2.43. The summed E-state index contributed by atoms with van der Waals surface area (Å²) < 4.78 is 44.4. The molecular formula is C19H14F3N3OS. The Morgan fingerprint density at radius 3 is 2.93 bits per heavy atom. The Morgan fingerprint density at radius 1 is 1.19 bits per heavy atom. The molecule has 0 fully saturated rings. The van der Waals surface area contributed by atoms with Gasteiger partial charge in [-0.3, -0.25) is 0 Å². The molecule has 5 rings (SSSR count). The summed E-state index contributed by atoms with van der Waals surface area (Å²) >= 11 is 1.63. The number of benzene rings is 2. The summed E-state index contributed by atoms with van der Waals surface area (Å²) in [6.07, 6.45) is -1.60. The predicted molar refractivity (Wildman–Crippen MR) is 98.7 cm³/mol. The summed E-state index contributed by atoms with van der Waals surface area (Å²) in [6, 6.07) is 9.67.